The first-order valence-corrected chi connectivity index (χ1v) is 14.8. The number of hydrogen-bond donors (Lipinski definition) is 2. The van der Waals surface area contributed by atoms with E-state index in [-0.39, 0.29) is 17.1 Å². The quantitative estimate of drug-likeness (QED) is 0.132. The van der Waals surface area contributed by atoms with Crippen LogP contribution in [0.3, 0.4) is 0 Å². The van der Waals surface area contributed by atoms with Crippen LogP contribution in [0.15, 0.2) is 46.4 Å². The summed E-state index contributed by atoms with van der Waals surface area (Å²) < 4.78 is 60.6. The van der Waals surface area contributed by atoms with Crippen LogP contribution >= 0.6 is 30.4 Å². The molecule has 0 aromatic heterocycles. The fourth-order valence-corrected chi connectivity index (χ4v) is 5.96. The Morgan fingerprint density at radius 2 is 1.62 bits per heavy atom. The zero-order valence-electron chi connectivity index (χ0n) is 23.8. The van der Waals surface area contributed by atoms with E-state index < -0.39 is 49.2 Å². The highest BCUT2D eigenvalue weighted by molar-refractivity contribution is 14.1. The fourth-order valence-electron chi connectivity index (χ4n) is 3.49. The van der Waals surface area contributed by atoms with Gasteiger partial charge in [0, 0.05) is 23.2 Å². The van der Waals surface area contributed by atoms with Gasteiger partial charge in [-0.2, -0.15) is 0 Å². The molecule has 0 bridgehead atoms. The van der Waals surface area contributed by atoms with Gasteiger partial charge in [-0.05, 0) is 100 Å². The molecule has 0 aliphatic carbocycles. The first-order valence-electron chi connectivity index (χ1n) is 12.3. The fraction of sp³-hybridized carbons (Fsp3) is 0.444. The molecule has 40 heavy (non-hydrogen) atoms. The molecule has 0 aliphatic rings. The van der Waals surface area contributed by atoms with E-state index in [1.54, 1.807) is 47.6 Å². The number of nitrogens with one attached hydrogen (secondary N) is 1. The number of amides is 1. The number of rotatable bonds is 10. The zero-order chi connectivity index (χ0) is 30.5. The number of aliphatic imine (C=N–C) groups is 2. The van der Waals surface area contributed by atoms with Crippen LogP contribution in [0.5, 0.6) is 0 Å². The molecule has 1 amide bonds. The van der Waals surface area contributed by atoms with Gasteiger partial charge in [-0.15, -0.1) is 0 Å². The average Bonchev–Trinajstić information content (AvgIpc) is 2.78. The summed E-state index contributed by atoms with van der Waals surface area (Å²) in [5.41, 5.74) is 4.66. The Kier molecular flexibility index (Phi) is 11.6. The Hall–Kier alpha value is -2.25. The monoisotopic (exact) mass is 692 g/mol. The van der Waals surface area contributed by atoms with E-state index in [0.29, 0.717) is 14.7 Å². The Bertz CT molecular complexity index is 1300. The maximum Gasteiger partial charge on any atom is 0.475 e. The molecule has 1 atom stereocenters. The summed E-state index contributed by atoms with van der Waals surface area (Å²) in [7, 11) is -1.21. The van der Waals surface area contributed by atoms with Crippen molar-refractivity contribution in [2.45, 2.75) is 58.8 Å². The maximum absolute atomic E-state index is 15.1. The lowest BCUT2D eigenvalue weighted by Gasteiger charge is -2.32. The van der Waals surface area contributed by atoms with Crippen LogP contribution in [0.25, 0.3) is 0 Å². The third-order valence-electron chi connectivity index (χ3n) is 4.96. The number of phosphoric acid groups is 1. The molecule has 0 aliphatic heterocycles. The zero-order valence-corrected chi connectivity index (χ0v) is 26.9. The van der Waals surface area contributed by atoms with Crippen LogP contribution in [0.4, 0.5) is 8.78 Å². The predicted octanol–water partition coefficient (Wildman–Crippen LogP) is 6.20. The van der Waals surface area contributed by atoms with Gasteiger partial charge >= 0.3 is 7.82 Å². The van der Waals surface area contributed by atoms with Crippen LogP contribution in [0.2, 0.25) is 0 Å². The van der Waals surface area contributed by atoms with E-state index in [9.17, 15) is 13.8 Å². The van der Waals surface area contributed by atoms with Crippen molar-refractivity contribution in [3.8, 4) is 0 Å². The molecule has 2 rings (SSSR count). The first kappa shape index (κ1) is 34.0. The Morgan fingerprint density at radius 3 is 2.10 bits per heavy atom. The number of phosphoric ester groups is 1. The lowest BCUT2D eigenvalue weighted by Crippen LogP contribution is -2.33. The van der Waals surface area contributed by atoms with Crippen molar-refractivity contribution in [2.24, 2.45) is 15.7 Å². The number of halogens is 3. The van der Waals surface area contributed by atoms with Gasteiger partial charge in [0.1, 0.15) is 23.2 Å². The molecule has 3 N–H and O–H groups in total. The topological polar surface area (TPSA) is 125 Å². The minimum Gasteiger partial charge on any atom is -0.382 e. The number of amidine groups is 1. The highest BCUT2D eigenvalue weighted by Gasteiger charge is 2.38. The van der Waals surface area contributed by atoms with E-state index in [1.165, 1.54) is 38.4 Å². The van der Waals surface area contributed by atoms with Gasteiger partial charge in [0.15, 0.2) is 0 Å². The predicted molar refractivity (Wildman–Crippen MR) is 161 cm³/mol. The van der Waals surface area contributed by atoms with E-state index in [2.05, 4.69) is 15.3 Å². The van der Waals surface area contributed by atoms with Crippen molar-refractivity contribution in [3.63, 3.8) is 0 Å². The smallest absolute Gasteiger partial charge is 0.382 e. The molecule has 0 fully saturated rings. The maximum atomic E-state index is 15.1. The highest BCUT2D eigenvalue weighted by Crippen LogP contribution is 2.55. The van der Waals surface area contributed by atoms with Crippen LogP contribution in [-0.2, 0) is 18.1 Å². The summed E-state index contributed by atoms with van der Waals surface area (Å²) in [5.74, 6) is -2.10. The SMILES string of the molecule is CN=C(N)C(=NC)c1ccc(C(=O)N[C@H](COP(=O)(OC(C)(C)C)OC(C)(C)C)c2cc(F)cc(I)c2)c(F)c1. The van der Waals surface area contributed by atoms with E-state index in [0.717, 1.165) is 6.07 Å². The molecule has 2 aromatic rings. The van der Waals surface area contributed by atoms with Gasteiger partial charge in [0.2, 0.25) is 0 Å². The Morgan fingerprint density at radius 1 is 1.02 bits per heavy atom. The molecule has 220 valence electrons. The van der Waals surface area contributed by atoms with Gasteiger partial charge in [-0.3, -0.25) is 28.4 Å². The number of nitrogens with zero attached hydrogens (tertiary/aromatic N) is 2. The van der Waals surface area contributed by atoms with Crippen molar-refractivity contribution in [1.82, 2.24) is 5.32 Å². The van der Waals surface area contributed by atoms with Gasteiger partial charge in [0.25, 0.3) is 5.91 Å². The molecule has 0 radical (unpaired) electrons. The Labute approximate surface area is 247 Å². The summed E-state index contributed by atoms with van der Waals surface area (Å²) >= 11 is 1.93. The molecule has 0 unspecified atom stereocenters. The van der Waals surface area contributed by atoms with Gasteiger partial charge < -0.3 is 11.1 Å². The molecule has 2 aromatic carbocycles. The van der Waals surface area contributed by atoms with Crippen molar-refractivity contribution in [3.05, 3.63) is 68.3 Å². The van der Waals surface area contributed by atoms with E-state index >= 15 is 4.39 Å². The molecule has 0 spiro atoms. The normalized spacial score (nSPS) is 14.3. The summed E-state index contributed by atoms with van der Waals surface area (Å²) in [5, 5.41) is 2.65. The number of hydrogen-bond acceptors (Lipinski definition) is 7. The first-order chi connectivity index (χ1) is 18.4. The number of nitrogens with two attached hydrogens (primary N) is 1. The third kappa shape index (κ3) is 10.3. The lowest BCUT2D eigenvalue weighted by molar-refractivity contribution is 0.000616. The van der Waals surface area contributed by atoms with E-state index in [4.69, 9.17) is 19.3 Å². The van der Waals surface area contributed by atoms with Crippen molar-refractivity contribution < 1.29 is 31.7 Å². The number of benzene rings is 2. The molecule has 0 saturated carbocycles. The van der Waals surface area contributed by atoms with Crippen molar-refractivity contribution >= 4 is 47.9 Å². The van der Waals surface area contributed by atoms with Gasteiger partial charge in [-0.25, -0.2) is 13.3 Å². The average molecular weight is 692 g/mol. The molecule has 13 heteroatoms. The second-order valence-corrected chi connectivity index (χ2v) is 13.5. The minimum absolute atomic E-state index is 0.108. The number of carbonyl (C=O) groups is 1. The second-order valence-electron chi connectivity index (χ2n) is 10.8. The van der Waals surface area contributed by atoms with Gasteiger partial charge in [0.05, 0.1) is 29.4 Å². The molecular formula is C27H36F2IN4O5P. The molecule has 0 heterocycles. The molecular weight excluding hydrogens is 656 g/mol. The minimum atomic E-state index is -4.18. The largest absolute Gasteiger partial charge is 0.475 e. The Balaban J connectivity index is 2.44. The summed E-state index contributed by atoms with van der Waals surface area (Å²) in [6.45, 7) is 9.68. The van der Waals surface area contributed by atoms with Crippen LogP contribution < -0.4 is 11.1 Å². The van der Waals surface area contributed by atoms with E-state index in [1.807, 2.05) is 22.6 Å². The van der Waals surface area contributed by atoms with Gasteiger partial charge in [-0.1, -0.05) is 6.07 Å². The lowest BCUT2D eigenvalue weighted by atomic mass is 10.0. The van der Waals surface area contributed by atoms with Crippen molar-refractivity contribution in [2.75, 3.05) is 20.7 Å². The summed E-state index contributed by atoms with van der Waals surface area (Å²) in [6, 6.07) is 6.95. The molecule has 9 nitrogen and oxygen atoms in total. The highest BCUT2D eigenvalue weighted by atomic mass is 127. The van der Waals surface area contributed by atoms with Crippen LogP contribution in [-0.4, -0.2) is 49.4 Å². The number of carbonyl (C=O) groups excluding carboxylic acids is 1. The third-order valence-corrected chi connectivity index (χ3v) is 7.59. The summed E-state index contributed by atoms with van der Waals surface area (Å²) in [4.78, 5) is 21.1. The van der Waals surface area contributed by atoms with Crippen molar-refractivity contribution in [1.29, 1.82) is 0 Å². The van der Waals surface area contributed by atoms with Crippen LogP contribution in [0, 0.1) is 15.2 Å². The summed E-state index contributed by atoms with van der Waals surface area (Å²) in [6.07, 6.45) is 0. The molecule has 0 saturated heterocycles. The standard InChI is InChI=1S/C27H36F2IN4O5P/c1-26(2,3)38-40(36,39-27(4,5)6)37-15-22(17-11-18(28)14-19(30)12-17)34-25(35)20-10-9-16(13-21(20)29)23(32-7)24(31)33-8/h9-14,22H,15H2,1-8H3,(H2,31,33)(H,34,35)/t22-/m1/s1. The van der Waals surface area contributed by atoms with Crippen LogP contribution in [0.1, 0.15) is 69.1 Å². The second kappa shape index (κ2) is 13.6.